The van der Waals surface area contributed by atoms with Crippen molar-refractivity contribution in [1.29, 1.82) is 0 Å². The molecule has 0 saturated carbocycles. The highest BCUT2D eigenvalue weighted by atomic mass is 16.5. The fourth-order valence-electron chi connectivity index (χ4n) is 4.62. The summed E-state index contributed by atoms with van der Waals surface area (Å²) in [6, 6.07) is 20.8. The molecular formula is C27H32N2O2. The Bertz CT molecular complexity index is 1040. The Labute approximate surface area is 185 Å². The highest BCUT2D eigenvalue weighted by Crippen LogP contribution is 2.28. The van der Waals surface area contributed by atoms with Crippen LogP contribution in [0.4, 0.5) is 0 Å². The number of carbonyl (C=O) groups is 1. The van der Waals surface area contributed by atoms with Crippen LogP contribution < -0.4 is 4.74 Å². The predicted octanol–water partition coefficient (Wildman–Crippen LogP) is 4.99. The van der Waals surface area contributed by atoms with Gasteiger partial charge in [0.2, 0.25) is 5.91 Å². The molecule has 0 aromatic heterocycles. The molecule has 1 amide bonds. The van der Waals surface area contributed by atoms with Crippen LogP contribution in [-0.4, -0.2) is 49.5 Å². The van der Waals surface area contributed by atoms with Gasteiger partial charge in [0, 0.05) is 13.6 Å². The van der Waals surface area contributed by atoms with Crippen molar-refractivity contribution in [3.8, 4) is 5.75 Å². The first-order valence-electron chi connectivity index (χ1n) is 11.2. The van der Waals surface area contributed by atoms with Crippen molar-refractivity contribution >= 4 is 16.7 Å². The Balaban J connectivity index is 1.56. The quantitative estimate of drug-likeness (QED) is 0.544. The number of hydrogen-bond acceptors (Lipinski definition) is 3. The molecule has 0 spiro atoms. The number of likely N-dealkylation sites (N-methyl/N-ethyl adjacent to an activating group) is 1. The van der Waals surface area contributed by atoms with E-state index in [-0.39, 0.29) is 11.9 Å². The number of benzene rings is 3. The fourth-order valence-corrected chi connectivity index (χ4v) is 4.62. The molecule has 1 saturated heterocycles. The molecule has 1 aliphatic heterocycles. The first-order chi connectivity index (χ1) is 15.1. The van der Waals surface area contributed by atoms with Crippen molar-refractivity contribution in [1.82, 2.24) is 9.80 Å². The number of hydrogen-bond donors (Lipinski definition) is 0. The van der Waals surface area contributed by atoms with Crippen molar-refractivity contribution in [2.24, 2.45) is 0 Å². The third-order valence-corrected chi connectivity index (χ3v) is 6.63. The number of carbonyl (C=O) groups excluding carboxylic acids is 1. The van der Waals surface area contributed by atoms with Crippen LogP contribution in [0.25, 0.3) is 10.8 Å². The Morgan fingerprint density at radius 2 is 1.81 bits per heavy atom. The standard InChI is InChI=1S/C27H32N2O2/c1-20-22(11-12-23-17-24(31-3)13-14-25(20)23)18-27(30)28(2)26(19-29-15-7-8-16-29)21-9-5-4-6-10-21/h4-6,9-14,17,26H,7-8,15-16,18-19H2,1-3H3/t26-/m1/s1. The van der Waals surface area contributed by atoms with Crippen LogP contribution in [0.2, 0.25) is 0 Å². The van der Waals surface area contributed by atoms with Crippen molar-refractivity contribution < 1.29 is 9.53 Å². The molecule has 1 heterocycles. The fraction of sp³-hybridized carbons (Fsp3) is 0.370. The molecule has 31 heavy (non-hydrogen) atoms. The van der Waals surface area contributed by atoms with Crippen molar-refractivity contribution in [2.45, 2.75) is 32.2 Å². The minimum Gasteiger partial charge on any atom is -0.497 e. The summed E-state index contributed by atoms with van der Waals surface area (Å²) >= 11 is 0. The maximum atomic E-state index is 13.4. The van der Waals surface area contributed by atoms with Crippen LogP contribution >= 0.6 is 0 Å². The van der Waals surface area contributed by atoms with Crippen molar-refractivity contribution in [3.63, 3.8) is 0 Å². The van der Waals surface area contributed by atoms with Gasteiger partial charge in [-0.25, -0.2) is 0 Å². The Hall–Kier alpha value is -2.85. The maximum Gasteiger partial charge on any atom is 0.227 e. The average Bonchev–Trinajstić information content (AvgIpc) is 3.32. The Morgan fingerprint density at radius 1 is 1.06 bits per heavy atom. The van der Waals surface area contributed by atoms with E-state index in [1.807, 2.05) is 30.1 Å². The molecule has 3 aromatic carbocycles. The number of likely N-dealkylation sites (tertiary alicyclic amines) is 1. The van der Waals surface area contributed by atoms with Gasteiger partial charge in [0.05, 0.1) is 19.6 Å². The second kappa shape index (κ2) is 9.52. The lowest BCUT2D eigenvalue weighted by atomic mass is 9.97. The van der Waals surface area contributed by atoms with Gasteiger partial charge in [0.25, 0.3) is 0 Å². The molecule has 1 fully saturated rings. The van der Waals surface area contributed by atoms with E-state index in [1.165, 1.54) is 23.8 Å². The van der Waals surface area contributed by atoms with Crippen LogP contribution in [0.3, 0.4) is 0 Å². The summed E-state index contributed by atoms with van der Waals surface area (Å²) < 4.78 is 5.35. The van der Waals surface area contributed by atoms with Crippen LogP contribution in [-0.2, 0) is 11.2 Å². The van der Waals surface area contributed by atoms with Crippen LogP contribution in [0.1, 0.15) is 35.6 Å². The van der Waals surface area contributed by atoms with Gasteiger partial charge in [-0.2, -0.15) is 0 Å². The minimum atomic E-state index is 0.0665. The molecule has 4 rings (SSSR count). The van der Waals surface area contributed by atoms with Gasteiger partial charge in [-0.15, -0.1) is 0 Å². The predicted molar refractivity (Wildman–Crippen MR) is 127 cm³/mol. The third kappa shape index (κ3) is 4.75. The second-order valence-corrected chi connectivity index (χ2v) is 8.55. The SMILES string of the molecule is COc1ccc2c(C)c(CC(=O)N(C)[C@H](CN3CCCC3)c3ccccc3)ccc2c1. The van der Waals surface area contributed by atoms with Crippen molar-refractivity contribution in [3.05, 3.63) is 77.4 Å². The molecular weight excluding hydrogens is 384 g/mol. The van der Waals surface area contributed by atoms with Gasteiger partial charge in [-0.1, -0.05) is 48.5 Å². The van der Waals surface area contributed by atoms with Gasteiger partial charge in [0.15, 0.2) is 0 Å². The van der Waals surface area contributed by atoms with Crippen LogP contribution in [0.5, 0.6) is 5.75 Å². The van der Waals surface area contributed by atoms with Gasteiger partial charge in [-0.3, -0.25) is 4.79 Å². The topological polar surface area (TPSA) is 32.8 Å². The number of methoxy groups -OCH3 is 1. The molecule has 4 nitrogen and oxygen atoms in total. The molecule has 0 radical (unpaired) electrons. The Morgan fingerprint density at radius 3 is 2.52 bits per heavy atom. The van der Waals surface area contributed by atoms with E-state index in [9.17, 15) is 4.79 Å². The number of nitrogens with zero attached hydrogens (tertiary/aromatic N) is 2. The average molecular weight is 417 g/mol. The van der Waals surface area contributed by atoms with E-state index in [0.29, 0.717) is 6.42 Å². The van der Waals surface area contributed by atoms with E-state index in [0.717, 1.165) is 41.9 Å². The van der Waals surface area contributed by atoms with Crippen molar-refractivity contribution in [2.75, 3.05) is 33.8 Å². The highest BCUT2D eigenvalue weighted by Gasteiger charge is 2.26. The summed E-state index contributed by atoms with van der Waals surface area (Å²) in [6.07, 6.45) is 2.91. The zero-order chi connectivity index (χ0) is 21.8. The second-order valence-electron chi connectivity index (χ2n) is 8.55. The van der Waals surface area contributed by atoms with Gasteiger partial charge >= 0.3 is 0 Å². The molecule has 0 aliphatic carbocycles. The lowest BCUT2D eigenvalue weighted by Crippen LogP contribution is -2.39. The molecule has 1 atom stereocenters. The van der Waals surface area contributed by atoms with Crippen LogP contribution in [0, 0.1) is 6.92 Å². The summed E-state index contributed by atoms with van der Waals surface area (Å²) in [5, 5.41) is 2.31. The summed E-state index contributed by atoms with van der Waals surface area (Å²) in [5.74, 6) is 1.01. The van der Waals surface area contributed by atoms with E-state index < -0.39 is 0 Å². The normalized spacial score (nSPS) is 15.2. The molecule has 0 bridgehead atoms. The van der Waals surface area contributed by atoms with Gasteiger partial charge in [-0.05, 0) is 72.5 Å². The molecule has 162 valence electrons. The molecule has 0 N–H and O–H groups in total. The van der Waals surface area contributed by atoms with Gasteiger partial charge < -0.3 is 14.5 Å². The Kier molecular flexibility index (Phi) is 6.57. The lowest BCUT2D eigenvalue weighted by molar-refractivity contribution is -0.131. The molecule has 1 aliphatic rings. The van der Waals surface area contributed by atoms with E-state index in [4.69, 9.17) is 4.74 Å². The summed E-state index contributed by atoms with van der Waals surface area (Å²) in [6.45, 7) is 5.25. The first-order valence-corrected chi connectivity index (χ1v) is 11.2. The number of fused-ring (bicyclic) bond motifs is 1. The summed E-state index contributed by atoms with van der Waals surface area (Å²) in [5.41, 5.74) is 3.45. The van der Waals surface area contributed by atoms with Gasteiger partial charge in [0.1, 0.15) is 5.75 Å². The largest absolute Gasteiger partial charge is 0.497 e. The summed E-state index contributed by atoms with van der Waals surface area (Å²) in [4.78, 5) is 17.8. The van der Waals surface area contributed by atoms with E-state index in [1.54, 1.807) is 7.11 Å². The first kappa shape index (κ1) is 21.4. The van der Waals surface area contributed by atoms with E-state index >= 15 is 0 Å². The highest BCUT2D eigenvalue weighted by molar-refractivity contribution is 5.89. The monoisotopic (exact) mass is 416 g/mol. The maximum absolute atomic E-state index is 13.4. The zero-order valence-electron chi connectivity index (χ0n) is 18.8. The van der Waals surface area contributed by atoms with E-state index in [2.05, 4.69) is 54.3 Å². The number of aryl methyl sites for hydroxylation is 1. The molecule has 0 unspecified atom stereocenters. The minimum absolute atomic E-state index is 0.0665. The molecule has 3 aromatic rings. The zero-order valence-corrected chi connectivity index (χ0v) is 18.8. The number of ether oxygens (including phenoxy) is 1. The summed E-state index contributed by atoms with van der Waals surface area (Å²) in [7, 11) is 3.64. The molecule has 4 heteroatoms. The number of rotatable bonds is 7. The smallest absolute Gasteiger partial charge is 0.227 e. The number of amides is 1. The lowest BCUT2D eigenvalue weighted by Gasteiger charge is -2.32. The third-order valence-electron chi connectivity index (χ3n) is 6.63. The van der Waals surface area contributed by atoms with Crippen LogP contribution in [0.15, 0.2) is 60.7 Å².